The fourth-order valence-electron chi connectivity index (χ4n) is 2.56. The van der Waals surface area contributed by atoms with Gasteiger partial charge in [-0.1, -0.05) is 35.9 Å². The molecule has 1 amide bonds. The Morgan fingerprint density at radius 3 is 2.62 bits per heavy atom. The number of nitrogens with one attached hydrogen (secondary N) is 1. The summed E-state index contributed by atoms with van der Waals surface area (Å²) in [5.41, 5.74) is 3.82. The highest BCUT2D eigenvalue weighted by atomic mass is 19.3. The Kier molecular flexibility index (Phi) is 6.29. The van der Waals surface area contributed by atoms with Crippen molar-refractivity contribution in [1.29, 1.82) is 0 Å². The van der Waals surface area contributed by atoms with Gasteiger partial charge in [0, 0.05) is 6.54 Å². The monoisotopic (exact) mass is 333 g/mol. The lowest BCUT2D eigenvalue weighted by molar-refractivity contribution is -0.0501. The van der Waals surface area contributed by atoms with Gasteiger partial charge in [0.05, 0.1) is 5.56 Å². The number of alkyl halides is 2. The Balaban J connectivity index is 1.87. The minimum absolute atomic E-state index is 0.112. The van der Waals surface area contributed by atoms with Crippen LogP contribution in [0.4, 0.5) is 8.78 Å². The summed E-state index contributed by atoms with van der Waals surface area (Å²) in [4.78, 5) is 12.1. The third-order valence-electron chi connectivity index (χ3n) is 3.75. The highest BCUT2D eigenvalue weighted by molar-refractivity contribution is 5.96. The maximum atomic E-state index is 12.4. The number of amides is 1. The molecule has 0 bridgehead atoms. The smallest absolute Gasteiger partial charge is 0.387 e. The second-order valence-corrected chi connectivity index (χ2v) is 5.66. The van der Waals surface area contributed by atoms with Gasteiger partial charge in [0.15, 0.2) is 0 Å². The summed E-state index contributed by atoms with van der Waals surface area (Å²) < 4.78 is 29.1. The van der Waals surface area contributed by atoms with E-state index >= 15 is 0 Å². The maximum absolute atomic E-state index is 12.4. The molecule has 0 aromatic heterocycles. The van der Waals surface area contributed by atoms with Crippen LogP contribution < -0.4 is 10.1 Å². The summed E-state index contributed by atoms with van der Waals surface area (Å²) in [6.45, 7) is 1.63. The molecule has 2 rings (SSSR count). The summed E-state index contributed by atoms with van der Waals surface area (Å²) in [7, 11) is 0. The molecule has 0 saturated heterocycles. The number of rotatable bonds is 7. The quantitative estimate of drug-likeness (QED) is 0.769. The van der Waals surface area contributed by atoms with E-state index < -0.39 is 12.5 Å². The van der Waals surface area contributed by atoms with Crippen molar-refractivity contribution >= 4 is 5.91 Å². The van der Waals surface area contributed by atoms with E-state index in [4.69, 9.17) is 0 Å². The van der Waals surface area contributed by atoms with E-state index in [2.05, 4.69) is 42.1 Å². The second-order valence-electron chi connectivity index (χ2n) is 5.66. The van der Waals surface area contributed by atoms with Gasteiger partial charge in [-0.3, -0.25) is 4.79 Å². The van der Waals surface area contributed by atoms with Gasteiger partial charge in [-0.2, -0.15) is 8.78 Å². The van der Waals surface area contributed by atoms with Crippen molar-refractivity contribution in [3.05, 3.63) is 64.7 Å². The molecule has 2 aromatic carbocycles. The molecule has 2 aromatic rings. The summed E-state index contributed by atoms with van der Waals surface area (Å²) in [6.07, 6.45) is 1.62. The van der Waals surface area contributed by atoms with Crippen LogP contribution >= 0.6 is 0 Å². The number of hydrogen-bond donors (Lipinski definition) is 1. The molecule has 0 aliphatic heterocycles. The largest absolute Gasteiger partial charge is 0.434 e. The Labute approximate surface area is 140 Å². The van der Waals surface area contributed by atoms with Crippen LogP contribution in [0.25, 0.3) is 0 Å². The van der Waals surface area contributed by atoms with Gasteiger partial charge in [0.1, 0.15) is 5.75 Å². The van der Waals surface area contributed by atoms with Gasteiger partial charge in [0.2, 0.25) is 0 Å². The van der Waals surface area contributed by atoms with Gasteiger partial charge in [0.25, 0.3) is 5.91 Å². The maximum Gasteiger partial charge on any atom is 0.387 e. The summed E-state index contributed by atoms with van der Waals surface area (Å²) >= 11 is 0. The van der Waals surface area contributed by atoms with Gasteiger partial charge in [-0.15, -0.1) is 0 Å². The topological polar surface area (TPSA) is 38.3 Å². The van der Waals surface area contributed by atoms with Crippen LogP contribution in [0.15, 0.2) is 42.5 Å². The summed E-state index contributed by atoms with van der Waals surface area (Å²) in [5.74, 6) is -0.522. The lowest BCUT2D eigenvalue weighted by Gasteiger charge is -2.11. The number of para-hydroxylation sites is 1. The third kappa shape index (κ3) is 5.05. The Morgan fingerprint density at radius 1 is 1.17 bits per heavy atom. The van der Waals surface area contributed by atoms with Crippen LogP contribution in [0.1, 0.15) is 33.5 Å². The molecule has 0 heterocycles. The SMILES string of the molecule is Cc1ccc(CCCNC(=O)c2ccccc2OC(F)F)c(C)c1. The minimum Gasteiger partial charge on any atom is -0.434 e. The van der Waals surface area contributed by atoms with Gasteiger partial charge in [-0.05, 0) is 49.9 Å². The first-order valence-corrected chi connectivity index (χ1v) is 7.85. The highest BCUT2D eigenvalue weighted by Gasteiger charge is 2.14. The van der Waals surface area contributed by atoms with E-state index in [1.165, 1.54) is 28.8 Å². The average Bonchev–Trinajstić information content (AvgIpc) is 2.53. The van der Waals surface area contributed by atoms with Crippen molar-refractivity contribution in [1.82, 2.24) is 5.32 Å². The molecule has 0 aliphatic rings. The fourth-order valence-corrected chi connectivity index (χ4v) is 2.56. The normalized spacial score (nSPS) is 10.7. The molecule has 0 atom stereocenters. The first-order chi connectivity index (χ1) is 11.5. The molecule has 5 heteroatoms. The molecular formula is C19H21F2NO2. The number of aryl methyl sites for hydroxylation is 3. The van der Waals surface area contributed by atoms with E-state index in [-0.39, 0.29) is 11.3 Å². The molecule has 1 N–H and O–H groups in total. The van der Waals surface area contributed by atoms with Crippen LogP contribution in [0, 0.1) is 13.8 Å². The van der Waals surface area contributed by atoms with Gasteiger partial charge >= 0.3 is 6.61 Å². The number of ether oxygens (including phenoxy) is 1. The molecule has 0 unspecified atom stereocenters. The fraction of sp³-hybridized carbons (Fsp3) is 0.316. The summed E-state index contributed by atoms with van der Waals surface area (Å²) in [6, 6.07) is 12.3. The molecule has 128 valence electrons. The first-order valence-electron chi connectivity index (χ1n) is 7.85. The van der Waals surface area contributed by atoms with Crippen molar-refractivity contribution in [3.63, 3.8) is 0 Å². The zero-order valence-electron chi connectivity index (χ0n) is 13.8. The Bertz CT molecular complexity index is 702. The molecule has 0 fully saturated rings. The average molecular weight is 333 g/mol. The van der Waals surface area contributed by atoms with Crippen LogP contribution in [-0.2, 0) is 6.42 Å². The number of carbonyl (C=O) groups is 1. The summed E-state index contributed by atoms with van der Waals surface area (Å²) in [5, 5.41) is 2.75. The van der Waals surface area contributed by atoms with E-state index in [9.17, 15) is 13.6 Å². The van der Waals surface area contributed by atoms with E-state index in [1.54, 1.807) is 12.1 Å². The number of hydrogen-bond acceptors (Lipinski definition) is 2. The number of carbonyl (C=O) groups excluding carboxylic acids is 1. The van der Waals surface area contributed by atoms with Crippen LogP contribution in [0.3, 0.4) is 0 Å². The zero-order chi connectivity index (χ0) is 17.5. The highest BCUT2D eigenvalue weighted by Crippen LogP contribution is 2.20. The molecule has 3 nitrogen and oxygen atoms in total. The first kappa shape index (κ1) is 17.9. The predicted octanol–water partition coefficient (Wildman–Crippen LogP) is 4.27. The van der Waals surface area contributed by atoms with Crippen LogP contribution in [0.5, 0.6) is 5.75 Å². The van der Waals surface area contributed by atoms with Gasteiger partial charge in [-0.25, -0.2) is 0 Å². The van der Waals surface area contributed by atoms with Crippen molar-refractivity contribution in [3.8, 4) is 5.75 Å². The Hall–Kier alpha value is -2.43. The zero-order valence-corrected chi connectivity index (χ0v) is 13.8. The molecule has 0 aliphatic carbocycles. The standard InChI is InChI=1S/C19H21F2NO2/c1-13-9-10-15(14(2)12-13)6-5-11-22-18(23)16-7-3-4-8-17(16)24-19(20)21/h3-4,7-10,12,19H,5-6,11H2,1-2H3,(H,22,23). The van der Waals surface area contributed by atoms with Crippen molar-refractivity contribution in [2.45, 2.75) is 33.3 Å². The van der Waals surface area contributed by atoms with Gasteiger partial charge < -0.3 is 10.1 Å². The van der Waals surface area contributed by atoms with Crippen molar-refractivity contribution in [2.24, 2.45) is 0 Å². The van der Waals surface area contributed by atoms with E-state index in [0.29, 0.717) is 6.54 Å². The number of benzene rings is 2. The Morgan fingerprint density at radius 2 is 1.92 bits per heavy atom. The second kappa shape index (κ2) is 8.43. The van der Waals surface area contributed by atoms with Crippen LogP contribution in [0.2, 0.25) is 0 Å². The molecule has 0 spiro atoms. The molecular weight excluding hydrogens is 312 g/mol. The lowest BCUT2D eigenvalue weighted by Crippen LogP contribution is -2.25. The molecule has 24 heavy (non-hydrogen) atoms. The van der Waals surface area contributed by atoms with Crippen molar-refractivity contribution < 1.29 is 18.3 Å². The molecule has 0 saturated carbocycles. The minimum atomic E-state index is -2.96. The third-order valence-corrected chi connectivity index (χ3v) is 3.75. The van der Waals surface area contributed by atoms with E-state index in [0.717, 1.165) is 12.8 Å². The van der Waals surface area contributed by atoms with Crippen LogP contribution in [-0.4, -0.2) is 19.1 Å². The number of halogens is 2. The van der Waals surface area contributed by atoms with Crippen molar-refractivity contribution in [2.75, 3.05) is 6.54 Å². The van der Waals surface area contributed by atoms with E-state index in [1.807, 2.05) is 0 Å². The molecule has 0 radical (unpaired) electrons. The predicted molar refractivity (Wildman–Crippen MR) is 89.6 cm³/mol. The lowest BCUT2D eigenvalue weighted by atomic mass is 10.0.